The lowest BCUT2D eigenvalue weighted by molar-refractivity contribution is 0.568. The highest BCUT2D eigenvalue weighted by molar-refractivity contribution is 7.00. The van der Waals surface area contributed by atoms with E-state index in [0.717, 1.165) is 78.1 Å². The maximum Gasteiger partial charge on any atom is 0.252 e. The zero-order chi connectivity index (χ0) is 61.2. The van der Waals surface area contributed by atoms with Crippen molar-refractivity contribution in [2.24, 2.45) is 0 Å². The average Bonchev–Trinajstić information content (AvgIpc) is 0.757. The lowest BCUT2D eigenvalue weighted by Gasteiger charge is -2.45. The third-order valence-electron chi connectivity index (χ3n) is 18.0. The van der Waals surface area contributed by atoms with Crippen LogP contribution in [-0.4, -0.2) is 26.2 Å². The molecule has 4 heterocycles. The van der Waals surface area contributed by atoms with Crippen molar-refractivity contribution in [3.63, 3.8) is 0 Å². The number of anilines is 6. The summed E-state index contributed by atoms with van der Waals surface area (Å²) in [5.74, 6) is 1.67. The molecule has 2 aliphatic rings. The largest absolute Gasteiger partial charge is 0.311 e. The van der Waals surface area contributed by atoms with Crippen LogP contribution in [0.4, 0.5) is 39.8 Å². The molecule has 12 aromatic rings. The lowest BCUT2D eigenvalue weighted by atomic mass is 9.33. The SMILES string of the molecule is [C-]#[N+]c1ccc(-c2nc(-c3ccccc3)nc(-c3ccccc3)n2)c(-n2c3ccccc3c3cc(-c4cc5c6c(c4)N(c4cc(C(C)(C)C)cc(C(C)(C)C)c4)c4ccccc4B6c4ccccc4N5c4cc(C(C)(C)C)cc(C(C)(C)C)c4)ccc32)c1. The molecule has 0 fully saturated rings. The second-order valence-electron chi connectivity index (χ2n) is 28.1. The highest BCUT2D eigenvalue weighted by Crippen LogP contribution is 2.49. The number of hydrogen-bond acceptors (Lipinski definition) is 5. The van der Waals surface area contributed by atoms with E-state index in [9.17, 15) is 0 Å². The van der Waals surface area contributed by atoms with Crippen LogP contribution < -0.4 is 26.2 Å². The van der Waals surface area contributed by atoms with Crippen molar-refractivity contribution in [2.75, 3.05) is 9.80 Å². The summed E-state index contributed by atoms with van der Waals surface area (Å²) in [6.07, 6.45) is 0. The van der Waals surface area contributed by atoms with E-state index in [1.165, 1.54) is 50.0 Å². The van der Waals surface area contributed by atoms with Gasteiger partial charge in [-0.25, -0.2) is 19.8 Å². The Morgan fingerprint density at radius 2 is 0.795 bits per heavy atom. The number of rotatable bonds is 7. The van der Waals surface area contributed by atoms with Gasteiger partial charge >= 0.3 is 0 Å². The maximum absolute atomic E-state index is 8.34. The number of fused-ring (bicyclic) bond motifs is 7. The van der Waals surface area contributed by atoms with Crippen molar-refractivity contribution in [2.45, 2.75) is 105 Å². The van der Waals surface area contributed by atoms with Crippen molar-refractivity contribution in [3.8, 4) is 51.0 Å². The summed E-state index contributed by atoms with van der Waals surface area (Å²) in [5, 5.41) is 2.18. The normalized spacial score (nSPS) is 13.1. The first-order valence-corrected chi connectivity index (χ1v) is 30.8. The monoisotopic (exact) mass is 1140 g/mol. The summed E-state index contributed by atoms with van der Waals surface area (Å²) in [6, 6.07) is 79.5. The fourth-order valence-electron chi connectivity index (χ4n) is 13.1. The predicted molar refractivity (Wildman–Crippen MR) is 371 cm³/mol. The number of nitrogens with zero attached hydrogens (tertiary/aromatic N) is 7. The van der Waals surface area contributed by atoms with Crippen molar-refractivity contribution < 1.29 is 0 Å². The molecule has 88 heavy (non-hydrogen) atoms. The Hall–Kier alpha value is -9.84. The second-order valence-corrected chi connectivity index (χ2v) is 28.1. The molecule has 2 aromatic heterocycles. The van der Waals surface area contributed by atoms with Crippen LogP contribution in [0.15, 0.2) is 218 Å². The van der Waals surface area contributed by atoms with Crippen LogP contribution in [0, 0.1) is 6.57 Å². The van der Waals surface area contributed by atoms with Gasteiger partial charge in [0.1, 0.15) is 0 Å². The van der Waals surface area contributed by atoms with E-state index in [0.29, 0.717) is 23.2 Å². The topological polar surface area (TPSA) is 54.4 Å². The van der Waals surface area contributed by atoms with Gasteiger partial charge in [0.05, 0.1) is 17.6 Å². The average molecular weight is 1140 g/mol. The molecule has 0 saturated carbocycles. The summed E-state index contributed by atoms with van der Waals surface area (Å²) >= 11 is 0. The van der Waals surface area contributed by atoms with E-state index in [1.54, 1.807) is 0 Å². The first-order valence-electron chi connectivity index (χ1n) is 30.8. The Balaban J connectivity index is 1.05. The molecule has 0 unspecified atom stereocenters. The molecule has 0 bridgehead atoms. The molecule has 0 amide bonds. The first-order chi connectivity index (χ1) is 42.1. The zero-order valence-corrected chi connectivity index (χ0v) is 52.5. The van der Waals surface area contributed by atoms with E-state index in [4.69, 9.17) is 21.5 Å². The molecule has 8 heteroatoms. The smallest absolute Gasteiger partial charge is 0.252 e. The van der Waals surface area contributed by atoms with E-state index >= 15 is 0 Å². The molecule has 430 valence electrons. The van der Waals surface area contributed by atoms with E-state index in [-0.39, 0.29) is 28.4 Å². The van der Waals surface area contributed by atoms with E-state index in [1.807, 2.05) is 78.9 Å². The summed E-state index contributed by atoms with van der Waals surface area (Å²) < 4.78 is 2.30. The Kier molecular flexibility index (Phi) is 13.2. The molecule has 0 aliphatic carbocycles. The Morgan fingerprint density at radius 3 is 1.28 bits per heavy atom. The van der Waals surface area contributed by atoms with Crippen LogP contribution in [0.1, 0.15) is 105 Å². The molecule has 0 radical (unpaired) electrons. The standard InChI is InChI=1S/C80H72BN7/c1-77(2,3)54-43-55(78(4,5)6)46-59(45-54)86-68-34-24-21-31-64(68)81-65-32-22-25-35-69(65)87(60-47-56(79(7,8)9)44-57(48-60)80(10,11)12)72-42-53(41-71(86)73(72)81)52-36-39-67-63(40-52)61-30-20-23-33-66(61)88(67)70-49-58(82-13)37-38-62(70)76-84-74(50-26-16-14-17-27-50)83-75(85-76)51-28-18-15-19-29-51/h14-49H,1-12H3. The van der Waals surface area contributed by atoms with Gasteiger partial charge in [-0.05, 0) is 144 Å². The van der Waals surface area contributed by atoms with Crippen LogP contribution in [-0.2, 0) is 21.7 Å². The van der Waals surface area contributed by atoms with Gasteiger partial charge in [-0.2, -0.15) is 0 Å². The molecular formula is C80H72BN7. The van der Waals surface area contributed by atoms with Gasteiger partial charge in [-0.3, -0.25) is 0 Å². The molecule has 7 nitrogen and oxygen atoms in total. The molecule has 14 rings (SSSR count). The van der Waals surface area contributed by atoms with Crippen molar-refractivity contribution >= 4 is 84.7 Å². The lowest BCUT2D eigenvalue weighted by Crippen LogP contribution is -2.61. The van der Waals surface area contributed by atoms with Crippen LogP contribution >= 0.6 is 0 Å². The van der Waals surface area contributed by atoms with Gasteiger partial charge in [0.25, 0.3) is 6.71 Å². The minimum Gasteiger partial charge on any atom is -0.311 e. The van der Waals surface area contributed by atoms with Crippen molar-refractivity contribution in [3.05, 3.63) is 252 Å². The van der Waals surface area contributed by atoms with Crippen LogP contribution in [0.3, 0.4) is 0 Å². The number of aromatic nitrogens is 4. The summed E-state index contributed by atoms with van der Waals surface area (Å²) in [6.45, 7) is 36.3. The van der Waals surface area contributed by atoms with Crippen LogP contribution in [0.2, 0.25) is 0 Å². The van der Waals surface area contributed by atoms with Gasteiger partial charge in [0.2, 0.25) is 0 Å². The van der Waals surface area contributed by atoms with Crippen molar-refractivity contribution in [1.29, 1.82) is 0 Å². The highest BCUT2D eigenvalue weighted by Gasteiger charge is 2.44. The van der Waals surface area contributed by atoms with E-state index < -0.39 is 0 Å². The predicted octanol–water partition coefficient (Wildman–Crippen LogP) is 19.5. The van der Waals surface area contributed by atoms with Gasteiger partial charge in [0, 0.05) is 67.3 Å². The minimum atomic E-state index is -0.109. The molecule has 0 saturated heterocycles. The third-order valence-corrected chi connectivity index (χ3v) is 18.0. The molecule has 0 spiro atoms. The second kappa shape index (κ2) is 20.7. The van der Waals surface area contributed by atoms with E-state index in [2.05, 4.69) is 242 Å². The number of para-hydroxylation sites is 3. The summed E-state index contributed by atoms with van der Waals surface area (Å²) in [4.78, 5) is 24.7. The molecule has 10 aromatic carbocycles. The maximum atomic E-state index is 8.34. The molecule has 0 N–H and O–H groups in total. The first kappa shape index (κ1) is 56.0. The Labute approximate surface area is 519 Å². The third kappa shape index (κ3) is 9.65. The van der Waals surface area contributed by atoms with Crippen LogP contribution in [0.5, 0.6) is 0 Å². The van der Waals surface area contributed by atoms with Gasteiger partial charge in [-0.1, -0.05) is 229 Å². The Morgan fingerprint density at radius 1 is 0.352 bits per heavy atom. The quantitative estimate of drug-likeness (QED) is 0.118. The number of hydrogen-bond donors (Lipinski definition) is 0. The van der Waals surface area contributed by atoms with Gasteiger partial charge < -0.3 is 14.4 Å². The van der Waals surface area contributed by atoms with Crippen LogP contribution in [0.25, 0.3) is 77.6 Å². The van der Waals surface area contributed by atoms with Crippen molar-refractivity contribution in [1.82, 2.24) is 19.5 Å². The molecule has 0 atom stereocenters. The highest BCUT2D eigenvalue weighted by atomic mass is 15.2. The number of benzene rings is 10. The molecular weight excluding hydrogens is 1070 g/mol. The summed E-state index contributed by atoms with van der Waals surface area (Å²) in [5.41, 5.74) is 23.7. The zero-order valence-electron chi connectivity index (χ0n) is 52.5. The fraction of sp³-hybridized carbons (Fsp3) is 0.200. The fourth-order valence-corrected chi connectivity index (χ4v) is 13.1. The molecule has 2 aliphatic heterocycles. The van der Waals surface area contributed by atoms with Gasteiger partial charge in [-0.15, -0.1) is 0 Å². The minimum absolute atomic E-state index is 0.0440. The summed E-state index contributed by atoms with van der Waals surface area (Å²) in [7, 11) is 0. The van der Waals surface area contributed by atoms with Gasteiger partial charge in [0.15, 0.2) is 23.2 Å². The Bertz CT molecular complexity index is 4540.